The molecule has 0 radical (unpaired) electrons. The van der Waals surface area contributed by atoms with Gasteiger partial charge in [0.1, 0.15) is 11.4 Å². The third-order valence-corrected chi connectivity index (χ3v) is 7.97. The summed E-state index contributed by atoms with van der Waals surface area (Å²) in [5, 5.41) is 1.81. The Labute approximate surface area is 215 Å². The Hall–Kier alpha value is -3.30. The lowest BCUT2D eigenvalue weighted by molar-refractivity contribution is 0.0240. The van der Waals surface area contributed by atoms with Crippen LogP contribution in [0.25, 0.3) is 21.8 Å². The molecule has 10 heteroatoms. The number of hydrogen-bond donors (Lipinski definition) is 0. The van der Waals surface area contributed by atoms with E-state index in [-0.39, 0.29) is 11.0 Å². The minimum absolute atomic E-state index is 0.112. The van der Waals surface area contributed by atoms with Crippen LogP contribution in [0.3, 0.4) is 0 Å². The van der Waals surface area contributed by atoms with Gasteiger partial charge in [-0.1, -0.05) is 35.9 Å². The molecule has 0 bridgehead atoms. The molecule has 1 aliphatic rings. The zero-order valence-electron chi connectivity index (χ0n) is 20.3. The molecular formula is C26H27ClN4O4S. The van der Waals surface area contributed by atoms with Crippen LogP contribution in [0.5, 0.6) is 0 Å². The molecule has 2 aromatic heterocycles. The van der Waals surface area contributed by atoms with Gasteiger partial charge in [-0.15, -0.1) is 0 Å². The second kappa shape index (κ2) is 8.97. The van der Waals surface area contributed by atoms with Crippen molar-refractivity contribution in [3.05, 3.63) is 65.8 Å². The van der Waals surface area contributed by atoms with Crippen LogP contribution in [0.15, 0.2) is 65.7 Å². The van der Waals surface area contributed by atoms with Crippen LogP contribution in [0.4, 0.5) is 10.6 Å². The SMILES string of the molecule is CC(C)(C)OC(=O)N1CCN(c2nc3ccccc3c3c2ccn3S(=O)(=O)c2cccc(Cl)c2)CC1. The Morgan fingerprint density at radius 2 is 1.69 bits per heavy atom. The molecule has 0 unspecified atom stereocenters. The van der Waals surface area contributed by atoms with Crippen LogP contribution in [0.1, 0.15) is 20.8 Å². The Bertz CT molecular complexity index is 1570. The Balaban J connectivity index is 1.56. The molecule has 0 N–H and O–H groups in total. The van der Waals surface area contributed by atoms with Gasteiger partial charge in [0.25, 0.3) is 10.0 Å². The van der Waals surface area contributed by atoms with Crippen molar-refractivity contribution >= 4 is 55.3 Å². The van der Waals surface area contributed by atoms with Gasteiger partial charge in [0, 0.05) is 48.2 Å². The summed E-state index contributed by atoms with van der Waals surface area (Å²) in [6.07, 6.45) is 1.23. The van der Waals surface area contributed by atoms with E-state index in [1.54, 1.807) is 29.3 Å². The lowest BCUT2D eigenvalue weighted by Crippen LogP contribution is -2.50. The zero-order valence-corrected chi connectivity index (χ0v) is 21.9. The van der Waals surface area contributed by atoms with Crippen molar-refractivity contribution in [1.29, 1.82) is 0 Å². The highest BCUT2D eigenvalue weighted by atomic mass is 35.5. The van der Waals surface area contributed by atoms with Gasteiger partial charge in [-0.3, -0.25) is 0 Å². The number of anilines is 1. The van der Waals surface area contributed by atoms with Crippen molar-refractivity contribution in [1.82, 2.24) is 13.9 Å². The van der Waals surface area contributed by atoms with Gasteiger partial charge in [0.05, 0.1) is 15.9 Å². The van der Waals surface area contributed by atoms with Crippen molar-refractivity contribution in [2.24, 2.45) is 0 Å². The maximum atomic E-state index is 13.6. The number of halogens is 1. The standard InChI is InChI=1S/C26H27ClN4O4S/c1-26(2,3)35-25(32)30-15-13-29(14-16-30)24-21-11-12-31(23(21)20-9-4-5-10-22(20)28-24)36(33,34)19-8-6-7-18(27)17-19/h4-12,17H,13-16H2,1-3H3. The highest BCUT2D eigenvalue weighted by Gasteiger charge is 2.29. The van der Waals surface area contributed by atoms with Crippen LogP contribution in [0, 0.1) is 0 Å². The van der Waals surface area contributed by atoms with Crippen LogP contribution >= 0.6 is 11.6 Å². The molecule has 1 fully saturated rings. The van der Waals surface area contributed by atoms with Crippen molar-refractivity contribution in [2.75, 3.05) is 31.1 Å². The van der Waals surface area contributed by atoms with Gasteiger partial charge in [0.15, 0.2) is 0 Å². The fourth-order valence-electron chi connectivity index (χ4n) is 4.41. The molecule has 36 heavy (non-hydrogen) atoms. The van der Waals surface area contributed by atoms with Crippen molar-refractivity contribution < 1.29 is 17.9 Å². The number of para-hydroxylation sites is 1. The molecule has 188 valence electrons. The van der Waals surface area contributed by atoms with E-state index in [9.17, 15) is 13.2 Å². The highest BCUT2D eigenvalue weighted by Crippen LogP contribution is 2.35. The summed E-state index contributed by atoms with van der Waals surface area (Å²) in [6, 6.07) is 15.5. The summed E-state index contributed by atoms with van der Waals surface area (Å²) >= 11 is 6.09. The lowest BCUT2D eigenvalue weighted by Gasteiger charge is -2.36. The van der Waals surface area contributed by atoms with Crippen LogP contribution in [0.2, 0.25) is 5.02 Å². The molecule has 1 saturated heterocycles. The van der Waals surface area contributed by atoms with E-state index in [4.69, 9.17) is 21.3 Å². The normalized spacial score (nSPS) is 15.0. The number of fused-ring (bicyclic) bond motifs is 3. The van der Waals surface area contributed by atoms with Gasteiger partial charge >= 0.3 is 6.09 Å². The van der Waals surface area contributed by atoms with Crippen molar-refractivity contribution in [3.8, 4) is 0 Å². The van der Waals surface area contributed by atoms with Gasteiger partial charge in [-0.2, -0.15) is 0 Å². The molecule has 0 saturated carbocycles. The Morgan fingerprint density at radius 3 is 2.39 bits per heavy atom. The number of nitrogens with zero attached hydrogens (tertiary/aromatic N) is 4. The number of carbonyl (C=O) groups is 1. The summed E-state index contributed by atoms with van der Waals surface area (Å²) in [7, 11) is -3.90. The molecule has 8 nitrogen and oxygen atoms in total. The quantitative estimate of drug-likeness (QED) is 0.367. The first-order valence-corrected chi connectivity index (χ1v) is 13.5. The number of rotatable bonds is 3. The maximum absolute atomic E-state index is 13.6. The minimum atomic E-state index is -3.90. The minimum Gasteiger partial charge on any atom is -0.444 e. The molecule has 0 aliphatic carbocycles. The topological polar surface area (TPSA) is 84.7 Å². The Morgan fingerprint density at radius 1 is 0.972 bits per heavy atom. The van der Waals surface area contributed by atoms with E-state index < -0.39 is 15.6 Å². The summed E-state index contributed by atoms with van der Waals surface area (Å²) in [6.45, 7) is 7.59. The van der Waals surface area contributed by atoms with E-state index >= 15 is 0 Å². The van der Waals surface area contributed by atoms with Crippen LogP contribution < -0.4 is 4.90 Å². The number of aromatic nitrogens is 2. The fraction of sp³-hybridized carbons (Fsp3) is 0.308. The number of hydrogen-bond acceptors (Lipinski definition) is 6. The van der Waals surface area contributed by atoms with Gasteiger partial charge < -0.3 is 14.5 Å². The number of benzene rings is 2. The average molecular weight is 527 g/mol. The number of amides is 1. The van der Waals surface area contributed by atoms with Gasteiger partial charge in [0.2, 0.25) is 0 Å². The van der Waals surface area contributed by atoms with Crippen molar-refractivity contribution in [3.63, 3.8) is 0 Å². The number of piperazine rings is 1. The van der Waals surface area contributed by atoms with E-state index in [0.29, 0.717) is 48.1 Å². The molecule has 0 spiro atoms. The van der Waals surface area contributed by atoms with Crippen molar-refractivity contribution in [2.45, 2.75) is 31.3 Å². The summed E-state index contributed by atoms with van der Waals surface area (Å²) in [4.78, 5) is 21.3. The maximum Gasteiger partial charge on any atom is 0.410 e. The number of pyridine rings is 1. The van der Waals surface area contributed by atoms with Gasteiger partial charge in [-0.05, 0) is 51.1 Å². The molecular weight excluding hydrogens is 500 g/mol. The molecule has 0 atom stereocenters. The van der Waals surface area contributed by atoms with Crippen LogP contribution in [-0.2, 0) is 14.8 Å². The van der Waals surface area contributed by atoms with Crippen LogP contribution in [-0.4, -0.2) is 60.1 Å². The Kier molecular flexibility index (Phi) is 6.08. The zero-order chi connectivity index (χ0) is 25.7. The summed E-state index contributed by atoms with van der Waals surface area (Å²) < 4.78 is 34.1. The largest absolute Gasteiger partial charge is 0.444 e. The first-order valence-electron chi connectivity index (χ1n) is 11.7. The van der Waals surface area contributed by atoms with E-state index in [1.165, 1.54) is 16.1 Å². The molecule has 1 amide bonds. The summed E-state index contributed by atoms with van der Waals surface area (Å²) in [5.41, 5.74) is 0.693. The first kappa shape index (κ1) is 24.4. The molecule has 1 aliphatic heterocycles. The number of ether oxygens (including phenoxy) is 1. The highest BCUT2D eigenvalue weighted by molar-refractivity contribution is 7.90. The molecule has 4 aromatic rings. The van der Waals surface area contributed by atoms with Gasteiger partial charge in [-0.25, -0.2) is 22.2 Å². The average Bonchev–Trinajstić information content (AvgIpc) is 3.29. The first-order chi connectivity index (χ1) is 17.0. The van der Waals surface area contributed by atoms with E-state index in [0.717, 1.165) is 10.8 Å². The second-order valence-corrected chi connectivity index (χ2v) is 12.0. The monoisotopic (exact) mass is 526 g/mol. The third-order valence-electron chi connectivity index (χ3n) is 6.06. The van der Waals surface area contributed by atoms with E-state index in [1.807, 2.05) is 45.0 Å². The molecule has 5 rings (SSSR count). The second-order valence-electron chi connectivity index (χ2n) is 9.74. The van der Waals surface area contributed by atoms with E-state index in [2.05, 4.69) is 4.90 Å². The smallest absolute Gasteiger partial charge is 0.410 e. The lowest BCUT2D eigenvalue weighted by atomic mass is 10.1. The molecule has 2 aromatic carbocycles. The third kappa shape index (κ3) is 4.49. The predicted octanol–water partition coefficient (Wildman–Crippen LogP) is 5.14. The fourth-order valence-corrected chi connectivity index (χ4v) is 6.08. The summed E-state index contributed by atoms with van der Waals surface area (Å²) in [5.74, 6) is 0.688. The predicted molar refractivity (Wildman–Crippen MR) is 141 cm³/mol. The molecule has 3 heterocycles. The number of carbonyl (C=O) groups excluding carboxylic acids is 1.